The highest BCUT2D eigenvalue weighted by Crippen LogP contribution is 2.31. The zero-order valence-corrected chi connectivity index (χ0v) is 10.1. The van der Waals surface area contributed by atoms with Crippen molar-refractivity contribution in [1.82, 2.24) is 0 Å². The smallest absolute Gasteiger partial charge is 0.405 e. The molecule has 17 heavy (non-hydrogen) atoms. The number of benzene rings is 1. The van der Waals surface area contributed by atoms with Crippen molar-refractivity contribution in [3.63, 3.8) is 0 Å². The van der Waals surface area contributed by atoms with Gasteiger partial charge < -0.3 is 4.74 Å². The Bertz CT molecular complexity index is 469. The summed E-state index contributed by atoms with van der Waals surface area (Å²) in [5, 5.41) is 0. The van der Waals surface area contributed by atoms with Crippen LogP contribution in [-0.4, -0.2) is 18.4 Å². The molecule has 0 fully saturated rings. The van der Waals surface area contributed by atoms with Gasteiger partial charge in [0.05, 0.1) is 5.56 Å². The molecule has 0 saturated carbocycles. The molecule has 0 aliphatic carbocycles. The maximum Gasteiger partial charge on any atom is 0.573 e. The predicted octanol–water partition coefficient (Wildman–Crippen LogP) is 3.36. The molecule has 1 aromatic carbocycles. The van der Waals surface area contributed by atoms with E-state index < -0.39 is 17.9 Å². The fourth-order valence-electron chi connectivity index (χ4n) is 1.15. The highest BCUT2D eigenvalue weighted by molar-refractivity contribution is 9.10. The molecule has 0 saturated heterocycles. The van der Waals surface area contributed by atoms with E-state index in [-0.39, 0.29) is 15.6 Å². The lowest BCUT2D eigenvalue weighted by Gasteiger charge is -2.13. The lowest BCUT2D eigenvalue weighted by atomic mass is 10.1. The van der Waals surface area contributed by atoms with Gasteiger partial charge in [0.2, 0.25) is 0 Å². The van der Waals surface area contributed by atoms with Gasteiger partial charge in [0.1, 0.15) is 5.75 Å². The first-order valence-electron chi connectivity index (χ1n) is 4.30. The average Bonchev–Trinajstić information content (AvgIpc) is 2.14. The van der Waals surface area contributed by atoms with Crippen molar-refractivity contribution < 1.29 is 27.5 Å². The predicted molar refractivity (Wildman–Crippen MR) is 56.2 cm³/mol. The Balaban J connectivity index is 3.33. The first-order chi connectivity index (χ1) is 7.74. The molecule has 0 spiro atoms. The summed E-state index contributed by atoms with van der Waals surface area (Å²) in [5.74, 6) is -1.26. The van der Waals surface area contributed by atoms with Crippen LogP contribution in [0.3, 0.4) is 0 Å². The van der Waals surface area contributed by atoms with Crippen molar-refractivity contribution in [3.8, 4) is 5.75 Å². The van der Waals surface area contributed by atoms with Crippen molar-refractivity contribution in [2.24, 2.45) is 0 Å². The second-order valence-corrected chi connectivity index (χ2v) is 3.95. The Morgan fingerprint density at radius 1 is 1.41 bits per heavy atom. The van der Waals surface area contributed by atoms with Crippen LogP contribution in [0.5, 0.6) is 5.75 Å². The summed E-state index contributed by atoms with van der Waals surface area (Å²) in [7, 11) is 0. The Morgan fingerprint density at radius 2 is 2.00 bits per heavy atom. The molecule has 0 atom stereocenters. The standard InChI is InChI=1S/C10H6BrF3O3/c1-5(16)7-2-6(4-15)8(11)3-9(7)17-10(12,13)14/h2-4H,1H3. The molecule has 92 valence electrons. The van der Waals surface area contributed by atoms with Gasteiger partial charge in [-0.25, -0.2) is 0 Å². The molecule has 7 heteroatoms. The number of aldehydes is 1. The molecule has 1 aromatic rings. The number of halogens is 4. The Hall–Kier alpha value is -1.37. The van der Waals surface area contributed by atoms with Gasteiger partial charge in [-0.3, -0.25) is 9.59 Å². The number of Topliss-reactive ketones (excluding diaryl/α,β-unsaturated/α-hetero) is 1. The van der Waals surface area contributed by atoms with E-state index in [4.69, 9.17) is 0 Å². The first kappa shape index (κ1) is 13.7. The van der Waals surface area contributed by atoms with E-state index in [2.05, 4.69) is 20.7 Å². The topological polar surface area (TPSA) is 43.4 Å². The molecule has 0 aliphatic heterocycles. The normalized spacial score (nSPS) is 11.1. The summed E-state index contributed by atoms with van der Waals surface area (Å²) in [6.07, 6.45) is -4.47. The van der Waals surface area contributed by atoms with E-state index in [0.29, 0.717) is 6.29 Å². The van der Waals surface area contributed by atoms with Crippen molar-refractivity contribution in [3.05, 3.63) is 27.7 Å². The summed E-state index contributed by atoms with van der Waals surface area (Å²) in [6, 6.07) is 1.98. The average molecular weight is 311 g/mol. The lowest BCUT2D eigenvalue weighted by molar-refractivity contribution is -0.274. The van der Waals surface area contributed by atoms with E-state index in [1.165, 1.54) is 0 Å². The minimum absolute atomic E-state index is 0.0738. The van der Waals surface area contributed by atoms with Gasteiger partial charge in [-0.05, 0) is 35.0 Å². The van der Waals surface area contributed by atoms with Crippen molar-refractivity contribution in [2.45, 2.75) is 13.3 Å². The van der Waals surface area contributed by atoms with Gasteiger partial charge in [-0.15, -0.1) is 13.2 Å². The zero-order valence-electron chi connectivity index (χ0n) is 8.47. The molecule has 0 unspecified atom stereocenters. The summed E-state index contributed by atoms with van der Waals surface area (Å²) in [6.45, 7) is 1.08. The third kappa shape index (κ3) is 3.55. The van der Waals surface area contributed by atoms with Crippen LogP contribution in [0.15, 0.2) is 16.6 Å². The molecule has 0 heterocycles. The summed E-state index contributed by atoms with van der Waals surface area (Å²) >= 11 is 2.91. The Labute approximate surface area is 103 Å². The fourth-order valence-corrected chi connectivity index (χ4v) is 1.56. The van der Waals surface area contributed by atoms with E-state index in [9.17, 15) is 22.8 Å². The monoisotopic (exact) mass is 310 g/mol. The molecular formula is C10H6BrF3O3. The summed E-state index contributed by atoms with van der Waals surface area (Å²) < 4.78 is 40.1. The molecule has 0 radical (unpaired) electrons. The van der Waals surface area contributed by atoms with Gasteiger partial charge in [0.15, 0.2) is 12.1 Å². The third-order valence-electron chi connectivity index (χ3n) is 1.83. The number of hydrogen-bond acceptors (Lipinski definition) is 3. The van der Waals surface area contributed by atoms with Gasteiger partial charge >= 0.3 is 6.36 Å². The second-order valence-electron chi connectivity index (χ2n) is 3.09. The second kappa shape index (κ2) is 4.87. The number of hydrogen-bond donors (Lipinski definition) is 0. The number of rotatable bonds is 3. The molecule has 0 N–H and O–H groups in total. The number of alkyl halides is 3. The third-order valence-corrected chi connectivity index (χ3v) is 2.52. The molecule has 1 rings (SSSR count). The van der Waals surface area contributed by atoms with Crippen LogP contribution in [0.1, 0.15) is 27.6 Å². The number of carbonyl (C=O) groups excluding carboxylic acids is 2. The number of carbonyl (C=O) groups is 2. The lowest BCUT2D eigenvalue weighted by Crippen LogP contribution is -2.19. The van der Waals surface area contributed by atoms with Crippen LogP contribution in [0, 0.1) is 0 Å². The molecule has 0 bridgehead atoms. The number of ether oxygens (including phenoxy) is 1. The van der Waals surface area contributed by atoms with Gasteiger partial charge in [-0.1, -0.05) is 0 Å². The largest absolute Gasteiger partial charge is 0.573 e. The quantitative estimate of drug-likeness (QED) is 0.635. The molecule has 3 nitrogen and oxygen atoms in total. The first-order valence-corrected chi connectivity index (χ1v) is 5.09. The van der Waals surface area contributed by atoms with Crippen molar-refractivity contribution in [1.29, 1.82) is 0 Å². The van der Waals surface area contributed by atoms with Crippen LogP contribution in [0.2, 0.25) is 0 Å². The molecule has 0 aliphatic rings. The van der Waals surface area contributed by atoms with Crippen molar-refractivity contribution >= 4 is 28.0 Å². The van der Waals surface area contributed by atoms with E-state index in [1.54, 1.807) is 0 Å². The maximum absolute atomic E-state index is 12.1. The molecule has 0 amide bonds. The van der Waals surface area contributed by atoms with Crippen LogP contribution < -0.4 is 4.74 Å². The van der Waals surface area contributed by atoms with E-state index in [1.807, 2.05) is 0 Å². The van der Waals surface area contributed by atoms with Gasteiger partial charge in [0.25, 0.3) is 0 Å². The highest BCUT2D eigenvalue weighted by atomic mass is 79.9. The van der Waals surface area contributed by atoms with Crippen molar-refractivity contribution in [2.75, 3.05) is 0 Å². The Morgan fingerprint density at radius 3 is 2.41 bits per heavy atom. The van der Waals surface area contributed by atoms with E-state index >= 15 is 0 Å². The van der Waals surface area contributed by atoms with Crippen LogP contribution >= 0.6 is 15.9 Å². The van der Waals surface area contributed by atoms with Crippen LogP contribution in [0.4, 0.5) is 13.2 Å². The van der Waals surface area contributed by atoms with Gasteiger partial charge in [-0.2, -0.15) is 0 Å². The summed E-state index contributed by atoms with van der Waals surface area (Å²) in [4.78, 5) is 21.7. The SMILES string of the molecule is CC(=O)c1cc(C=O)c(Br)cc1OC(F)(F)F. The molecular weight excluding hydrogens is 305 g/mol. The molecule has 0 aromatic heterocycles. The fraction of sp³-hybridized carbons (Fsp3) is 0.200. The number of ketones is 1. The minimum Gasteiger partial charge on any atom is -0.405 e. The van der Waals surface area contributed by atoms with E-state index in [0.717, 1.165) is 19.1 Å². The Kier molecular flexibility index (Phi) is 3.92. The van der Waals surface area contributed by atoms with Crippen LogP contribution in [0.25, 0.3) is 0 Å². The van der Waals surface area contributed by atoms with Crippen LogP contribution in [-0.2, 0) is 0 Å². The maximum atomic E-state index is 12.1. The minimum atomic E-state index is -4.90. The summed E-state index contributed by atoms with van der Waals surface area (Å²) in [5.41, 5.74) is -0.225. The van der Waals surface area contributed by atoms with Gasteiger partial charge in [0, 0.05) is 10.0 Å². The highest BCUT2D eigenvalue weighted by Gasteiger charge is 2.33. The zero-order chi connectivity index (χ0) is 13.2.